The van der Waals surface area contributed by atoms with Gasteiger partial charge in [-0.3, -0.25) is 18.9 Å². The molecule has 2 heterocycles. The van der Waals surface area contributed by atoms with Crippen LogP contribution >= 0.6 is 7.60 Å². The first kappa shape index (κ1) is 16.1. The molecule has 1 aliphatic heterocycles. The Balaban J connectivity index is 2.14. The molecule has 1 saturated heterocycles. The molecular weight excluding hydrogens is 306 g/mol. The Labute approximate surface area is 118 Å². The number of halogens is 1. The van der Waals surface area contributed by atoms with Crippen molar-refractivity contribution in [2.45, 2.75) is 38.3 Å². The fraction of sp³-hybridized carbons (Fsp3) is 0.636. The lowest BCUT2D eigenvalue weighted by molar-refractivity contribution is -0.0118. The zero-order valence-corrected chi connectivity index (χ0v) is 12.1. The number of aromatic nitrogens is 2. The van der Waals surface area contributed by atoms with Crippen LogP contribution < -0.4 is 11.2 Å². The molecule has 0 saturated carbocycles. The smallest absolute Gasteiger partial charge is 0.330 e. The summed E-state index contributed by atoms with van der Waals surface area (Å²) in [5, 5.41) is 0. The van der Waals surface area contributed by atoms with Gasteiger partial charge in [-0.2, -0.15) is 0 Å². The van der Waals surface area contributed by atoms with E-state index in [1.165, 1.54) is 13.1 Å². The number of hydrogen-bond acceptors (Lipinski definition) is 4. The summed E-state index contributed by atoms with van der Waals surface area (Å²) in [5.74, 6) is 0. The van der Waals surface area contributed by atoms with E-state index in [2.05, 4.69) is 4.98 Å². The molecular formula is C11H16FN2O6P. The highest BCUT2D eigenvalue weighted by molar-refractivity contribution is 7.51. The van der Waals surface area contributed by atoms with Gasteiger partial charge in [0.05, 0.1) is 12.3 Å². The molecule has 118 valence electrons. The van der Waals surface area contributed by atoms with Crippen LogP contribution in [-0.4, -0.2) is 37.8 Å². The Hall–Kier alpha value is -1.28. The van der Waals surface area contributed by atoms with Gasteiger partial charge in [-0.1, -0.05) is 0 Å². The largest absolute Gasteiger partial charge is 0.351 e. The van der Waals surface area contributed by atoms with Crippen LogP contribution in [0.4, 0.5) is 4.39 Å². The van der Waals surface area contributed by atoms with Gasteiger partial charge in [0.25, 0.3) is 5.56 Å². The van der Waals surface area contributed by atoms with Crippen molar-refractivity contribution in [2.24, 2.45) is 0 Å². The second-order valence-electron chi connectivity index (χ2n) is 5.04. The molecule has 1 fully saturated rings. The summed E-state index contributed by atoms with van der Waals surface area (Å²) in [7, 11) is -4.22. The van der Waals surface area contributed by atoms with E-state index in [-0.39, 0.29) is 18.4 Å². The molecule has 1 aromatic rings. The molecule has 0 bridgehead atoms. The Morgan fingerprint density at radius 2 is 2.19 bits per heavy atom. The Morgan fingerprint density at radius 1 is 1.52 bits per heavy atom. The fourth-order valence-electron chi connectivity index (χ4n) is 2.21. The van der Waals surface area contributed by atoms with Crippen molar-refractivity contribution < 1.29 is 23.5 Å². The van der Waals surface area contributed by atoms with E-state index in [9.17, 15) is 18.5 Å². The minimum Gasteiger partial charge on any atom is -0.351 e. The number of nitrogens with zero attached hydrogens (tertiary/aromatic N) is 1. The van der Waals surface area contributed by atoms with Gasteiger partial charge in [0.15, 0.2) is 0 Å². The molecule has 3 N–H and O–H groups in total. The monoisotopic (exact) mass is 322 g/mol. The number of nitrogens with one attached hydrogen (secondary N) is 1. The molecule has 2 rings (SSSR count). The van der Waals surface area contributed by atoms with Gasteiger partial charge < -0.3 is 14.5 Å². The second-order valence-corrected chi connectivity index (χ2v) is 6.81. The van der Waals surface area contributed by atoms with E-state index < -0.39 is 43.5 Å². The average Bonchev–Trinajstić information content (AvgIpc) is 2.72. The van der Waals surface area contributed by atoms with Gasteiger partial charge in [-0.25, -0.2) is 9.18 Å². The van der Waals surface area contributed by atoms with Gasteiger partial charge in [-0.05, 0) is 13.3 Å². The van der Waals surface area contributed by atoms with Gasteiger partial charge >= 0.3 is 13.3 Å². The SMILES string of the molecule is Cc1cn([C@@H]2C[C@H](F)[C@@H](CCP(=O)(O)O)O2)c(=O)[nH]c1=O. The van der Waals surface area contributed by atoms with Crippen molar-refractivity contribution in [3.63, 3.8) is 0 Å². The van der Waals surface area contributed by atoms with Crippen molar-refractivity contribution in [3.8, 4) is 0 Å². The van der Waals surface area contributed by atoms with E-state index >= 15 is 0 Å². The van der Waals surface area contributed by atoms with E-state index in [1.807, 2.05) is 0 Å². The minimum atomic E-state index is -4.22. The van der Waals surface area contributed by atoms with Crippen LogP contribution in [0.3, 0.4) is 0 Å². The second kappa shape index (κ2) is 5.84. The lowest BCUT2D eigenvalue weighted by atomic mass is 10.1. The summed E-state index contributed by atoms with van der Waals surface area (Å²) in [4.78, 5) is 42.7. The normalized spacial score (nSPS) is 26.2. The maximum absolute atomic E-state index is 13.8. The van der Waals surface area contributed by atoms with Crippen LogP contribution in [0.15, 0.2) is 15.8 Å². The zero-order valence-electron chi connectivity index (χ0n) is 11.2. The van der Waals surface area contributed by atoms with Gasteiger partial charge in [0.2, 0.25) is 0 Å². The summed E-state index contributed by atoms with van der Waals surface area (Å²) in [6.07, 6.45) is -2.77. The van der Waals surface area contributed by atoms with Gasteiger partial charge in [-0.15, -0.1) is 0 Å². The van der Waals surface area contributed by atoms with Crippen molar-refractivity contribution in [3.05, 3.63) is 32.6 Å². The molecule has 21 heavy (non-hydrogen) atoms. The molecule has 0 unspecified atom stereocenters. The molecule has 0 spiro atoms. The molecule has 10 heteroatoms. The predicted octanol–water partition coefficient (Wildman–Crippen LogP) is 0.0384. The molecule has 3 atom stereocenters. The van der Waals surface area contributed by atoms with Crippen molar-refractivity contribution >= 4 is 7.60 Å². The van der Waals surface area contributed by atoms with Gasteiger partial charge in [0.1, 0.15) is 12.4 Å². The number of rotatable bonds is 4. The number of aromatic amines is 1. The molecule has 1 aliphatic rings. The molecule has 0 aliphatic carbocycles. The third kappa shape index (κ3) is 3.88. The molecule has 0 radical (unpaired) electrons. The molecule has 0 amide bonds. The Bertz CT molecular complexity index is 680. The number of ether oxygens (including phenoxy) is 1. The maximum Gasteiger partial charge on any atom is 0.330 e. The lowest BCUT2D eigenvalue weighted by Gasteiger charge is -2.16. The van der Waals surface area contributed by atoms with Crippen molar-refractivity contribution in [1.82, 2.24) is 9.55 Å². The third-order valence-corrected chi connectivity index (χ3v) is 4.16. The molecule has 0 aromatic carbocycles. The summed E-state index contributed by atoms with van der Waals surface area (Å²) >= 11 is 0. The number of aryl methyl sites for hydroxylation is 1. The molecule has 1 aromatic heterocycles. The highest BCUT2D eigenvalue weighted by atomic mass is 31.2. The van der Waals surface area contributed by atoms with Crippen LogP contribution in [0, 0.1) is 6.92 Å². The summed E-state index contributed by atoms with van der Waals surface area (Å²) in [5.41, 5.74) is -0.949. The number of H-pyrrole nitrogens is 1. The van der Waals surface area contributed by atoms with Crippen LogP contribution in [-0.2, 0) is 9.30 Å². The first-order chi connectivity index (χ1) is 9.67. The minimum absolute atomic E-state index is 0.114. The van der Waals surface area contributed by atoms with E-state index in [0.29, 0.717) is 0 Å². The predicted molar refractivity (Wildman–Crippen MR) is 71.0 cm³/mol. The summed E-state index contributed by atoms with van der Waals surface area (Å²) in [6, 6.07) is 0. The highest BCUT2D eigenvalue weighted by Gasteiger charge is 2.37. The molecule has 8 nitrogen and oxygen atoms in total. The lowest BCUT2D eigenvalue weighted by Crippen LogP contribution is -2.33. The standard InChI is InChI=1S/C11H16FN2O6P/c1-6-5-14(11(16)13-10(6)15)9-4-7(12)8(20-9)2-3-21(17,18)19/h5,7-9H,2-4H2,1H3,(H,13,15,16)(H2,17,18,19)/t7-,8+,9-/m0/s1. The first-order valence-corrected chi connectivity index (χ1v) is 8.13. The van der Waals surface area contributed by atoms with Crippen LogP contribution in [0.25, 0.3) is 0 Å². The van der Waals surface area contributed by atoms with Crippen molar-refractivity contribution in [2.75, 3.05) is 6.16 Å². The van der Waals surface area contributed by atoms with E-state index in [0.717, 1.165) is 4.57 Å². The quantitative estimate of drug-likeness (QED) is 0.673. The van der Waals surface area contributed by atoms with Crippen LogP contribution in [0.2, 0.25) is 0 Å². The number of hydrogen-bond donors (Lipinski definition) is 3. The third-order valence-electron chi connectivity index (χ3n) is 3.32. The topological polar surface area (TPSA) is 122 Å². The van der Waals surface area contributed by atoms with E-state index in [4.69, 9.17) is 14.5 Å². The van der Waals surface area contributed by atoms with Gasteiger partial charge in [0, 0.05) is 18.2 Å². The summed E-state index contributed by atoms with van der Waals surface area (Å²) < 4.78 is 31.1. The van der Waals surface area contributed by atoms with Crippen molar-refractivity contribution in [1.29, 1.82) is 0 Å². The highest BCUT2D eigenvalue weighted by Crippen LogP contribution is 2.39. The van der Waals surface area contributed by atoms with Crippen LogP contribution in [0.5, 0.6) is 0 Å². The van der Waals surface area contributed by atoms with Crippen LogP contribution in [0.1, 0.15) is 24.6 Å². The number of alkyl halides is 1. The average molecular weight is 322 g/mol. The fourth-order valence-corrected chi connectivity index (χ4v) is 2.80. The zero-order chi connectivity index (χ0) is 15.8. The first-order valence-electron chi connectivity index (χ1n) is 6.33. The summed E-state index contributed by atoms with van der Waals surface area (Å²) in [6.45, 7) is 1.50. The maximum atomic E-state index is 13.8. The van der Waals surface area contributed by atoms with E-state index in [1.54, 1.807) is 0 Å². The Morgan fingerprint density at radius 3 is 2.81 bits per heavy atom. The Kier molecular flexibility index (Phi) is 4.48.